The molecule has 0 N–H and O–H groups in total. The van der Waals surface area contributed by atoms with Crippen molar-refractivity contribution < 1.29 is 8.60 Å². The molecule has 0 fully saturated rings. The molecule has 0 amide bonds. The van der Waals surface area contributed by atoms with Gasteiger partial charge in [0, 0.05) is 4.90 Å². The summed E-state index contributed by atoms with van der Waals surface area (Å²) in [5, 5.41) is 8.76. The first-order valence-corrected chi connectivity index (χ1v) is 5.77. The lowest BCUT2D eigenvalue weighted by molar-refractivity contribution is 0.567. The van der Waals surface area contributed by atoms with E-state index in [0.29, 0.717) is 4.90 Å². The van der Waals surface area contributed by atoms with Gasteiger partial charge in [0.05, 0.1) is 6.20 Å². The molecule has 2 aromatic rings. The number of nitriles is 1. The number of hydrogen-bond acceptors (Lipinski definition) is 4. The minimum absolute atomic E-state index is 0.0277. The van der Waals surface area contributed by atoms with Gasteiger partial charge in [-0.3, -0.25) is 0 Å². The van der Waals surface area contributed by atoms with E-state index in [1.54, 1.807) is 36.4 Å². The molecule has 2 rings (SSSR count). The summed E-state index contributed by atoms with van der Waals surface area (Å²) in [6, 6.07) is 10.2. The highest BCUT2D eigenvalue weighted by Crippen LogP contribution is 2.16. The van der Waals surface area contributed by atoms with Crippen molar-refractivity contribution in [3.8, 4) is 6.07 Å². The Hall–Kier alpha value is -2.13. The first-order chi connectivity index (χ1) is 8.22. The van der Waals surface area contributed by atoms with Crippen LogP contribution in [0.2, 0.25) is 0 Å². The van der Waals surface area contributed by atoms with Gasteiger partial charge in [0.2, 0.25) is 5.95 Å². The highest BCUT2D eigenvalue weighted by atomic mass is 32.2. The van der Waals surface area contributed by atoms with E-state index in [1.807, 2.05) is 0 Å². The van der Waals surface area contributed by atoms with Gasteiger partial charge in [-0.05, 0) is 12.1 Å². The molecular weight excluding hydrogens is 241 g/mol. The summed E-state index contributed by atoms with van der Waals surface area (Å²) in [6.07, 6.45) is 0.844. The molecule has 0 radical (unpaired) electrons. The van der Waals surface area contributed by atoms with Gasteiger partial charge in [-0.25, -0.2) is 14.2 Å². The second kappa shape index (κ2) is 4.80. The van der Waals surface area contributed by atoms with E-state index in [4.69, 9.17) is 5.26 Å². The smallest absolute Gasteiger partial charge is 0.232 e. The van der Waals surface area contributed by atoms with Crippen molar-refractivity contribution >= 4 is 10.8 Å². The van der Waals surface area contributed by atoms with Gasteiger partial charge in [-0.2, -0.15) is 9.65 Å². The summed E-state index contributed by atoms with van der Waals surface area (Å²) in [5.74, 6) is -0.865. The summed E-state index contributed by atoms with van der Waals surface area (Å²) in [7, 11) is -1.63. The molecule has 1 atom stereocenters. The van der Waals surface area contributed by atoms with Crippen LogP contribution >= 0.6 is 0 Å². The lowest BCUT2D eigenvalue weighted by atomic mass is 10.4. The maximum atomic E-state index is 12.8. The monoisotopic (exact) mass is 247 g/mol. The van der Waals surface area contributed by atoms with E-state index in [0.717, 1.165) is 6.20 Å². The molecule has 1 aromatic heterocycles. The first-order valence-electron chi connectivity index (χ1n) is 4.62. The third kappa shape index (κ3) is 2.34. The number of aromatic nitrogens is 2. The topological polar surface area (TPSA) is 66.6 Å². The molecule has 6 heteroatoms. The van der Waals surface area contributed by atoms with Crippen molar-refractivity contribution in [1.29, 1.82) is 5.26 Å². The number of nitrogens with zero attached hydrogens (tertiary/aromatic N) is 3. The average molecular weight is 247 g/mol. The Kier molecular flexibility index (Phi) is 3.21. The number of hydrogen-bond donors (Lipinski definition) is 0. The SMILES string of the molecule is N#Cc1nc(F)cnc1S(=O)c1ccccc1. The van der Waals surface area contributed by atoms with E-state index in [-0.39, 0.29) is 10.7 Å². The van der Waals surface area contributed by atoms with Gasteiger partial charge in [-0.15, -0.1) is 0 Å². The van der Waals surface area contributed by atoms with Crippen LogP contribution in [0.25, 0.3) is 0 Å². The van der Waals surface area contributed by atoms with Crippen LogP contribution in [-0.2, 0) is 10.8 Å². The fraction of sp³-hybridized carbons (Fsp3) is 0. The quantitative estimate of drug-likeness (QED) is 0.809. The van der Waals surface area contributed by atoms with Crippen molar-refractivity contribution in [2.24, 2.45) is 0 Å². The van der Waals surface area contributed by atoms with Crippen LogP contribution in [0.5, 0.6) is 0 Å². The summed E-state index contributed by atoms with van der Waals surface area (Å²) in [4.78, 5) is 7.51. The van der Waals surface area contributed by atoms with Gasteiger partial charge in [0.15, 0.2) is 10.7 Å². The molecule has 0 aliphatic rings. The molecule has 17 heavy (non-hydrogen) atoms. The molecule has 4 nitrogen and oxygen atoms in total. The molecule has 0 bridgehead atoms. The first kappa shape index (κ1) is 11.4. The van der Waals surface area contributed by atoms with Crippen LogP contribution in [0.4, 0.5) is 4.39 Å². The van der Waals surface area contributed by atoms with Crippen molar-refractivity contribution in [1.82, 2.24) is 9.97 Å². The summed E-state index contributed by atoms with van der Waals surface area (Å²) >= 11 is 0. The number of benzene rings is 1. The zero-order valence-corrected chi connectivity index (χ0v) is 9.32. The van der Waals surface area contributed by atoms with Gasteiger partial charge in [-0.1, -0.05) is 18.2 Å². The van der Waals surface area contributed by atoms with Crippen LogP contribution in [0, 0.1) is 17.3 Å². The lowest BCUT2D eigenvalue weighted by Crippen LogP contribution is -2.03. The molecule has 1 unspecified atom stereocenters. The molecular formula is C11H6FN3OS. The molecule has 1 heterocycles. The highest BCUT2D eigenvalue weighted by Gasteiger charge is 2.15. The molecule has 0 saturated carbocycles. The Morgan fingerprint density at radius 2 is 2.00 bits per heavy atom. The van der Waals surface area contributed by atoms with Gasteiger partial charge >= 0.3 is 0 Å². The minimum atomic E-state index is -1.63. The third-order valence-corrected chi connectivity index (χ3v) is 3.30. The molecule has 84 valence electrons. The second-order valence-corrected chi connectivity index (χ2v) is 4.44. The van der Waals surface area contributed by atoms with Crippen LogP contribution in [0.3, 0.4) is 0 Å². The molecule has 0 saturated heterocycles. The van der Waals surface area contributed by atoms with E-state index in [2.05, 4.69) is 9.97 Å². The van der Waals surface area contributed by atoms with Crippen molar-refractivity contribution in [2.75, 3.05) is 0 Å². The maximum absolute atomic E-state index is 12.8. The van der Waals surface area contributed by atoms with Crippen LogP contribution in [0.1, 0.15) is 5.69 Å². The molecule has 1 aromatic carbocycles. The van der Waals surface area contributed by atoms with Crippen molar-refractivity contribution in [3.05, 3.63) is 48.2 Å². The average Bonchev–Trinajstić information content (AvgIpc) is 2.39. The van der Waals surface area contributed by atoms with E-state index in [9.17, 15) is 8.60 Å². The summed E-state index contributed by atoms with van der Waals surface area (Å²) < 4.78 is 24.8. The standard InChI is InChI=1S/C11H6FN3OS/c12-10-7-14-11(9(6-13)15-10)17(16)8-4-2-1-3-5-8/h1-5,7H. The van der Waals surface area contributed by atoms with Gasteiger partial charge in [0.1, 0.15) is 16.9 Å². The fourth-order valence-electron chi connectivity index (χ4n) is 1.22. The van der Waals surface area contributed by atoms with Gasteiger partial charge in [0.25, 0.3) is 0 Å². The third-order valence-electron chi connectivity index (χ3n) is 1.95. The Balaban J connectivity index is 2.49. The number of halogens is 1. The number of rotatable bonds is 2. The highest BCUT2D eigenvalue weighted by molar-refractivity contribution is 7.85. The van der Waals surface area contributed by atoms with E-state index < -0.39 is 16.7 Å². The lowest BCUT2D eigenvalue weighted by Gasteiger charge is -2.02. The van der Waals surface area contributed by atoms with E-state index in [1.165, 1.54) is 0 Å². The normalized spacial score (nSPS) is 11.8. The minimum Gasteiger partial charge on any atom is -0.247 e. The second-order valence-electron chi connectivity index (χ2n) is 3.04. The van der Waals surface area contributed by atoms with Gasteiger partial charge < -0.3 is 0 Å². The van der Waals surface area contributed by atoms with Crippen LogP contribution in [0.15, 0.2) is 46.5 Å². The van der Waals surface area contributed by atoms with Crippen LogP contribution < -0.4 is 0 Å². The maximum Gasteiger partial charge on any atom is 0.232 e. The molecule has 0 spiro atoms. The Bertz CT molecular complexity index is 610. The Morgan fingerprint density at radius 1 is 1.29 bits per heavy atom. The molecule has 0 aliphatic heterocycles. The van der Waals surface area contributed by atoms with E-state index >= 15 is 0 Å². The van der Waals surface area contributed by atoms with Crippen LogP contribution in [-0.4, -0.2) is 14.2 Å². The predicted molar refractivity (Wildman–Crippen MR) is 57.8 cm³/mol. The Labute approximate surface area is 99.2 Å². The zero-order valence-electron chi connectivity index (χ0n) is 8.50. The Morgan fingerprint density at radius 3 is 2.65 bits per heavy atom. The summed E-state index contributed by atoms with van der Waals surface area (Å²) in [5.41, 5.74) is -0.257. The largest absolute Gasteiger partial charge is 0.247 e. The zero-order chi connectivity index (χ0) is 12.3. The fourth-order valence-corrected chi connectivity index (χ4v) is 2.26. The van der Waals surface area contributed by atoms with Crippen molar-refractivity contribution in [3.63, 3.8) is 0 Å². The molecule has 0 aliphatic carbocycles. The predicted octanol–water partition coefficient (Wildman–Crippen LogP) is 1.65. The van der Waals surface area contributed by atoms with Crippen molar-refractivity contribution in [2.45, 2.75) is 9.92 Å². The summed E-state index contributed by atoms with van der Waals surface area (Å²) in [6.45, 7) is 0.